The largest absolute Gasteiger partial charge is 0.333 e. The Kier molecular flexibility index (Phi) is 5.30. The summed E-state index contributed by atoms with van der Waals surface area (Å²) < 4.78 is 2.24. The van der Waals surface area contributed by atoms with Gasteiger partial charge in [-0.2, -0.15) is 0 Å². The maximum Gasteiger partial charge on any atom is 0.130 e. The zero-order valence-corrected chi connectivity index (χ0v) is 12.6. The summed E-state index contributed by atoms with van der Waals surface area (Å²) in [4.78, 5) is 8.83. The highest BCUT2D eigenvalue weighted by Crippen LogP contribution is 2.24. The van der Waals surface area contributed by atoms with E-state index in [-0.39, 0.29) is 6.04 Å². The molecule has 0 aromatic carbocycles. The van der Waals surface area contributed by atoms with Crippen molar-refractivity contribution >= 4 is 0 Å². The van der Waals surface area contributed by atoms with Crippen LogP contribution in [0.4, 0.5) is 0 Å². The Morgan fingerprint density at radius 3 is 2.80 bits per heavy atom. The van der Waals surface area contributed by atoms with Gasteiger partial charge >= 0.3 is 0 Å². The second-order valence-corrected chi connectivity index (χ2v) is 4.90. The van der Waals surface area contributed by atoms with Gasteiger partial charge in [-0.25, -0.2) is 4.98 Å². The zero-order chi connectivity index (χ0) is 14.4. The number of hydrogen-bond acceptors (Lipinski definition) is 3. The maximum absolute atomic E-state index is 4.59. The second-order valence-electron chi connectivity index (χ2n) is 4.90. The van der Waals surface area contributed by atoms with Crippen molar-refractivity contribution in [1.82, 2.24) is 19.9 Å². The molecule has 4 nitrogen and oxygen atoms in total. The second kappa shape index (κ2) is 7.20. The fraction of sp³-hybridized carbons (Fsp3) is 0.500. The van der Waals surface area contributed by atoms with Crippen molar-refractivity contribution in [3.8, 4) is 0 Å². The molecule has 0 spiro atoms. The molecule has 0 saturated heterocycles. The van der Waals surface area contributed by atoms with Gasteiger partial charge in [0.2, 0.25) is 0 Å². The molecule has 20 heavy (non-hydrogen) atoms. The van der Waals surface area contributed by atoms with Crippen LogP contribution in [0.2, 0.25) is 0 Å². The first-order valence-electron chi connectivity index (χ1n) is 7.48. The van der Waals surface area contributed by atoms with Crippen molar-refractivity contribution in [2.45, 2.75) is 46.2 Å². The highest BCUT2D eigenvalue weighted by atomic mass is 15.1. The Labute approximate surface area is 121 Å². The van der Waals surface area contributed by atoms with Crippen molar-refractivity contribution in [2.24, 2.45) is 0 Å². The number of pyridine rings is 1. The van der Waals surface area contributed by atoms with Crippen LogP contribution in [-0.4, -0.2) is 21.1 Å². The van der Waals surface area contributed by atoms with Crippen molar-refractivity contribution in [3.05, 3.63) is 47.8 Å². The molecule has 2 aromatic rings. The standard InChI is InChI=1S/C16H24N4/c1-4-10-20-11-9-19-16(20)15(18-6-3)14-7-8-17-12-13(14)5-2/h7-9,11-12,15,18H,4-6,10H2,1-3H3. The van der Waals surface area contributed by atoms with Gasteiger partial charge in [0.15, 0.2) is 0 Å². The van der Waals surface area contributed by atoms with Crippen LogP contribution in [0, 0.1) is 0 Å². The molecule has 1 unspecified atom stereocenters. The number of hydrogen-bond donors (Lipinski definition) is 1. The molecule has 108 valence electrons. The fourth-order valence-electron chi connectivity index (χ4n) is 2.57. The van der Waals surface area contributed by atoms with Gasteiger partial charge in [0.25, 0.3) is 0 Å². The van der Waals surface area contributed by atoms with Crippen LogP contribution in [0.5, 0.6) is 0 Å². The van der Waals surface area contributed by atoms with Crippen molar-refractivity contribution in [2.75, 3.05) is 6.54 Å². The molecule has 2 aromatic heterocycles. The Bertz CT molecular complexity index is 533. The summed E-state index contributed by atoms with van der Waals surface area (Å²) >= 11 is 0. The van der Waals surface area contributed by atoms with Crippen LogP contribution in [-0.2, 0) is 13.0 Å². The molecule has 0 bridgehead atoms. The molecular weight excluding hydrogens is 248 g/mol. The van der Waals surface area contributed by atoms with E-state index in [1.807, 2.05) is 18.6 Å². The smallest absolute Gasteiger partial charge is 0.130 e. The number of aromatic nitrogens is 3. The maximum atomic E-state index is 4.59. The highest BCUT2D eigenvalue weighted by Gasteiger charge is 2.20. The van der Waals surface area contributed by atoms with E-state index in [0.717, 1.165) is 31.8 Å². The van der Waals surface area contributed by atoms with Gasteiger partial charge in [-0.3, -0.25) is 4.98 Å². The van der Waals surface area contributed by atoms with Crippen LogP contribution >= 0.6 is 0 Å². The van der Waals surface area contributed by atoms with E-state index >= 15 is 0 Å². The minimum absolute atomic E-state index is 0.138. The molecule has 1 N–H and O–H groups in total. The average Bonchev–Trinajstić information content (AvgIpc) is 2.93. The molecule has 1 atom stereocenters. The van der Waals surface area contributed by atoms with Crippen LogP contribution in [0.3, 0.4) is 0 Å². The summed E-state index contributed by atoms with van der Waals surface area (Å²) in [5.41, 5.74) is 2.57. The van der Waals surface area contributed by atoms with Crippen LogP contribution in [0.1, 0.15) is 50.2 Å². The van der Waals surface area contributed by atoms with E-state index < -0.39 is 0 Å². The Hall–Kier alpha value is -1.68. The Morgan fingerprint density at radius 2 is 2.10 bits per heavy atom. The van der Waals surface area contributed by atoms with Crippen LogP contribution in [0.15, 0.2) is 30.9 Å². The summed E-state index contributed by atoms with van der Waals surface area (Å²) in [6, 6.07) is 2.25. The van der Waals surface area contributed by atoms with E-state index in [1.54, 1.807) is 0 Å². The lowest BCUT2D eigenvalue weighted by atomic mass is 10.00. The third-order valence-corrected chi connectivity index (χ3v) is 3.51. The van der Waals surface area contributed by atoms with E-state index in [2.05, 4.69) is 52.9 Å². The Balaban J connectivity index is 2.42. The summed E-state index contributed by atoms with van der Waals surface area (Å²) in [6.07, 6.45) is 9.88. The SMILES string of the molecule is CCCn1ccnc1C(NCC)c1ccncc1CC. The summed E-state index contributed by atoms with van der Waals surface area (Å²) in [5, 5.41) is 3.56. The third kappa shape index (κ3) is 3.07. The number of nitrogens with zero attached hydrogens (tertiary/aromatic N) is 3. The lowest BCUT2D eigenvalue weighted by Crippen LogP contribution is -2.26. The first-order chi connectivity index (χ1) is 9.81. The lowest BCUT2D eigenvalue weighted by Gasteiger charge is -2.21. The molecule has 0 aliphatic rings. The van der Waals surface area contributed by atoms with Gasteiger partial charge in [0, 0.05) is 31.3 Å². The van der Waals surface area contributed by atoms with Gasteiger partial charge in [0.1, 0.15) is 5.82 Å². The Morgan fingerprint density at radius 1 is 1.25 bits per heavy atom. The zero-order valence-electron chi connectivity index (χ0n) is 12.6. The first kappa shape index (κ1) is 14.7. The molecule has 0 saturated carbocycles. The molecule has 4 heteroatoms. The van der Waals surface area contributed by atoms with Crippen LogP contribution in [0.25, 0.3) is 0 Å². The van der Waals surface area contributed by atoms with Crippen molar-refractivity contribution in [3.63, 3.8) is 0 Å². The predicted molar refractivity (Wildman–Crippen MR) is 81.7 cm³/mol. The fourth-order valence-corrected chi connectivity index (χ4v) is 2.57. The van der Waals surface area contributed by atoms with Crippen molar-refractivity contribution in [1.29, 1.82) is 0 Å². The topological polar surface area (TPSA) is 42.7 Å². The average molecular weight is 272 g/mol. The minimum Gasteiger partial charge on any atom is -0.333 e. The van der Waals surface area contributed by atoms with E-state index in [9.17, 15) is 0 Å². The van der Waals surface area contributed by atoms with Gasteiger partial charge in [-0.05, 0) is 36.6 Å². The quantitative estimate of drug-likeness (QED) is 0.842. The van der Waals surface area contributed by atoms with Crippen molar-refractivity contribution < 1.29 is 0 Å². The number of nitrogens with one attached hydrogen (secondary N) is 1. The lowest BCUT2D eigenvalue weighted by molar-refractivity contribution is 0.541. The number of aryl methyl sites for hydroxylation is 2. The molecule has 0 radical (unpaired) electrons. The van der Waals surface area contributed by atoms with E-state index in [1.165, 1.54) is 11.1 Å². The van der Waals surface area contributed by atoms with Crippen LogP contribution < -0.4 is 5.32 Å². The summed E-state index contributed by atoms with van der Waals surface area (Å²) in [6.45, 7) is 8.41. The molecule has 0 aliphatic heterocycles. The molecule has 0 aliphatic carbocycles. The summed E-state index contributed by atoms with van der Waals surface area (Å²) in [7, 11) is 0. The summed E-state index contributed by atoms with van der Waals surface area (Å²) in [5.74, 6) is 1.09. The van der Waals surface area contributed by atoms with Gasteiger partial charge < -0.3 is 9.88 Å². The van der Waals surface area contributed by atoms with E-state index in [4.69, 9.17) is 0 Å². The minimum atomic E-state index is 0.138. The van der Waals surface area contributed by atoms with Gasteiger partial charge in [-0.15, -0.1) is 0 Å². The number of rotatable bonds is 7. The van der Waals surface area contributed by atoms with Gasteiger partial charge in [-0.1, -0.05) is 20.8 Å². The normalized spacial score (nSPS) is 12.6. The molecule has 0 amide bonds. The van der Waals surface area contributed by atoms with Gasteiger partial charge in [0.05, 0.1) is 6.04 Å². The first-order valence-corrected chi connectivity index (χ1v) is 7.48. The molecule has 2 rings (SSSR count). The molecular formula is C16H24N4. The predicted octanol–water partition coefficient (Wildman–Crippen LogP) is 2.95. The molecule has 0 fully saturated rings. The monoisotopic (exact) mass is 272 g/mol. The van der Waals surface area contributed by atoms with E-state index in [0.29, 0.717) is 0 Å². The third-order valence-electron chi connectivity index (χ3n) is 3.51. The molecule has 2 heterocycles. The highest BCUT2D eigenvalue weighted by molar-refractivity contribution is 5.31. The number of imidazole rings is 1.